The highest BCUT2D eigenvalue weighted by Gasteiger charge is 2.30. The fourth-order valence-electron chi connectivity index (χ4n) is 3.18. The first-order valence-corrected chi connectivity index (χ1v) is 10.6. The van der Waals surface area contributed by atoms with Crippen molar-refractivity contribution in [3.8, 4) is 0 Å². The minimum Gasteiger partial charge on any atom is -0.468 e. The van der Waals surface area contributed by atoms with E-state index in [4.69, 9.17) is 4.42 Å². The predicted octanol–water partition coefficient (Wildman–Crippen LogP) is 2.24. The first-order chi connectivity index (χ1) is 14.8. The molecule has 4 rings (SSSR count). The molecule has 0 unspecified atom stereocenters. The van der Waals surface area contributed by atoms with Gasteiger partial charge in [0.25, 0.3) is 17.7 Å². The molecule has 0 saturated heterocycles. The van der Waals surface area contributed by atoms with E-state index in [-0.39, 0.29) is 33.8 Å². The Morgan fingerprint density at radius 1 is 1.03 bits per heavy atom. The van der Waals surface area contributed by atoms with Crippen molar-refractivity contribution in [2.24, 2.45) is 0 Å². The van der Waals surface area contributed by atoms with E-state index in [2.05, 4.69) is 10.6 Å². The average molecular weight is 439 g/mol. The van der Waals surface area contributed by atoms with E-state index in [9.17, 15) is 22.8 Å². The highest BCUT2D eigenvalue weighted by atomic mass is 32.2. The van der Waals surface area contributed by atoms with Crippen molar-refractivity contribution in [1.29, 1.82) is 0 Å². The zero-order valence-electron chi connectivity index (χ0n) is 16.3. The van der Waals surface area contributed by atoms with Crippen LogP contribution in [0.25, 0.3) is 0 Å². The summed E-state index contributed by atoms with van der Waals surface area (Å²) in [6, 6.07) is 13.3. The number of carbonyl (C=O) groups is 3. The maximum absolute atomic E-state index is 12.7. The molecule has 1 aliphatic heterocycles. The average Bonchev–Trinajstić information content (AvgIpc) is 3.36. The highest BCUT2D eigenvalue weighted by molar-refractivity contribution is 7.89. The van der Waals surface area contributed by atoms with Crippen LogP contribution in [0.15, 0.2) is 70.2 Å². The van der Waals surface area contributed by atoms with Gasteiger partial charge >= 0.3 is 0 Å². The summed E-state index contributed by atoms with van der Waals surface area (Å²) in [5.74, 6) is -1.16. The van der Waals surface area contributed by atoms with Crippen LogP contribution in [0.1, 0.15) is 36.8 Å². The van der Waals surface area contributed by atoms with E-state index in [0.29, 0.717) is 5.76 Å². The quantitative estimate of drug-likeness (QED) is 0.568. The van der Waals surface area contributed by atoms with Crippen molar-refractivity contribution >= 4 is 33.4 Å². The van der Waals surface area contributed by atoms with Gasteiger partial charge in [-0.3, -0.25) is 19.7 Å². The van der Waals surface area contributed by atoms with Crippen molar-refractivity contribution in [3.05, 3.63) is 83.3 Å². The molecular formula is C21H17N3O6S. The monoisotopic (exact) mass is 439 g/mol. The molecule has 0 bridgehead atoms. The fourth-order valence-corrected chi connectivity index (χ4v) is 4.32. The van der Waals surface area contributed by atoms with Crippen LogP contribution in [0.3, 0.4) is 0 Å². The van der Waals surface area contributed by atoms with E-state index in [1.54, 1.807) is 18.2 Å². The molecule has 10 heteroatoms. The molecule has 0 saturated carbocycles. The molecule has 3 aromatic rings. The number of nitrogens with one attached hydrogen (secondary N) is 2. The SMILES string of the molecule is CN(Cc1ccco1)S(=O)(=O)c1ccc(C(=O)Nc2cccc3c2C(=O)NC3=O)cc1. The van der Waals surface area contributed by atoms with E-state index in [0.717, 1.165) is 4.31 Å². The number of hydrogen-bond donors (Lipinski definition) is 2. The molecule has 2 heterocycles. The zero-order valence-corrected chi connectivity index (χ0v) is 17.1. The first kappa shape index (κ1) is 20.5. The largest absolute Gasteiger partial charge is 0.468 e. The molecule has 1 aromatic heterocycles. The summed E-state index contributed by atoms with van der Waals surface area (Å²) in [5.41, 5.74) is 0.666. The second-order valence-electron chi connectivity index (χ2n) is 6.83. The predicted molar refractivity (Wildman–Crippen MR) is 110 cm³/mol. The lowest BCUT2D eigenvalue weighted by Crippen LogP contribution is -2.26. The second kappa shape index (κ2) is 7.82. The van der Waals surface area contributed by atoms with Gasteiger partial charge in [-0.15, -0.1) is 0 Å². The summed E-state index contributed by atoms with van der Waals surface area (Å²) < 4.78 is 31.8. The topological polar surface area (TPSA) is 126 Å². The Bertz CT molecular complexity index is 1280. The second-order valence-corrected chi connectivity index (χ2v) is 8.88. The van der Waals surface area contributed by atoms with Crippen molar-refractivity contribution in [2.75, 3.05) is 12.4 Å². The Morgan fingerprint density at radius 3 is 2.45 bits per heavy atom. The van der Waals surface area contributed by atoms with E-state index < -0.39 is 27.7 Å². The summed E-state index contributed by atoms with van der Waals surface area (Å²) in [6.45, 7) is 0.0669. The number of anilines is 1. The molecule has 0 aliphatic carbocycles. The minimum absolute atomic E-state index is 0.0173. The van der Waals surface area contributed by atoms with Gasteiger partial charge < -0.3 is 9.73 Å². The molecule has 0 radical (unpaired) electrons. The molecule has 2 N–H and O–H groups in total. The van der Waals surface area contributed by atoms with Gasteiger partial charge in [0, 0.05) is 12.6 Å². The zero-order chi connectivity index (χ0) is 22.2. The van der Waals surface area contributed by atoms with Crippen molar-refractivity contribution in [3.63, 3.8) is 0 Å². The molecule has 31 heavy (non-hydrogen) atoms. The third-order valence-corrected chi connectivity index (χ3v) is 6.61. The number of benzene rings is 2. The number of nitrogens with zero attached hydrogens (tertiary/aromatic N) is 1. The lowest BCUT2D eigenvalue weighted by molar-refractivity contribution is 0.0879. The van der Waals surface area contributed by atoms with Crippen LogP contribution in [-0.2, 0) is 16.6 Å². The van der Waals surface area contributed by atoms with Gasteiger partial charge in [0.15, 0.2) is 0 Å². The fraction of sp³-hybridized carbons (Fsp3) is 0.0952. The third-order valence-electron chi connectivity index (χ3n) is 4.79. The Hall–Kier alpha value is -3.76. The summed E-state index contributed by atoms with van der Waals surface area (Å²) in [5, 5.41) is 4.77. The Morgan fingerprint density at radius 2 is 1.77 bits per heavy atom. The number of hydrogen-bond acceptors (Lipinski definition) is 6. The van der Waals surface area contributed by atoms with Crippen molar-refractivity contribution in [2.45, 2.75) is 11.4 Å². The van der Waals surface area contributed by atoms with Crippen LogP contribution in [-0.4, -0.2) is 37.5 Å². The summed E-state index contributed by atoms with van der Waals surface area (Å²) >= 11 is 0. The highest BCUT2D eigenvalue weighted by Crippen LogP contribution is 2.25. The van der Waals surface area contributed by atoms with Crippen LogP contribution in [0.5, 0.6) is 0 Å². The number of imide groups is 1. The summed E-state index contributed by atoms with van der Waals surface area (Å²) in [7, 11) is -2.36. The number of amides is 3. The minimum atomic E-state index is -3.79. The van der Waals surface area contributed by atoms with E-state index >= 15 is 0 Å². The van der Waals surface area contributed by atoms with Crippen LogP contribution < -0.4 is 10.6 Å². The maximum Gasteiger partial charge on any atom is 0.261 e. The van der Waals surface area contributed by atoms with Gasteiger partial charge in [-0.05, 0) is 48.5 Å². The van der Waals surface area contributed by atoms with Gasteiger partial charge in [0.05, 0.1) is 34.5 Å². The molecule has 2 aromatic carbocycles. The van der Waals surface area contributed by atoms with Gasteiger partial charge in [-0.1, -0.05) is 6.07 Å². The number of furan rings is 1. The van der Waals surface area contributed by atoms with Crippen LogP contribution in [0.4, 0.5) is 5.69 Å². The molecule has 0 spiro atoms. The van der Waals surface area contributed by atoms with Gasteiger partial charge in [-0.25, -0.2) is 8.42 Å². The first-order valence-electron chi connectivity index (χ1n) is 9.16. The molecule has 0 atom stereocenters. The number of rotatable bonds is 6. The lowest BCUT2D eigenvalue weighted by atomic mass is 10.1. The van der Waals surface area contributed by atoms with E-state index in [1.807, 2.05) is 0 Å². The standard InChI is InChI=1S/C21H17N3O6S/c1-24(12-14-4-3-11-30-14)31(28,29)15-9-7-13(8-10-15)19(25)22-17-6-2-5-16-18(17)21(27)23-20(16)26/h2-11H,12H2,1H3,(H,22,25)(H,23,26,27). The third kappa shape index (κ3) is 3.86. The molecule has 1 aliphatic rings. The van der Waals surface area contributed by atoms with Gasteiger partial charge in [0.1, 0.15) is 5.76 Å². The summed E-state index contributed by atoms with van der Waals surface area (Å²) in [6.07, 6.45) is 1.46. The Labute approximate surface area is 177 Å². The molecule has 3 amide bonds. The van der Waals surface area contributed by atoms with Crippen LogP contribution in [0, 0.1) is 0 Å². The number of sulfonamides is 1. The molecule has 0 fully saturated rings. The summed E-state index contributed by atoms with van der Waals surface area (Å²) in [4.78, 5) is 36.4. The van der Waals surface area contributed by atoms with Crippen LogP contribution in [0.2, 0.25) is 0 Å². The van der Waals surface area contributed by atoms with Crippen molar-refractivity contribution < 1.29 is 27.2 Å². The molecule has 158 valence electrons. The Balaban J connectivity index is 1.52. The van der Waals surface area contributed by atoms with Gasteiger partial charge in [-0.2, -0.15) is 4.31 Å². The van der Waals surface area contributed by atoms with Gasteiger partial charge in [0.2, 0.25) is 10.0 Å². The van der Waals surface area contributed by atoms with Crippen molar-refractivity contribution in [1.82, 2.24) is 9.62 Å². The number of fused-ring (bicyclic) bond motifs is 1. The van der Waals surface area contributed by atoms with E-state index in [1.165, 1.54) is 49.7 Å². The maximum atomic E-state index is 12.7. The Kier molecular flexibility index (Phi) is 5.17. The lowest BCUT2D eigenvalue weighted by Gasteiger charge is -2.16. The number of carbonyl (C=O) groups excluding carboxylic acids is 3. The normalized spacial score (nSPS) is 13.2. The smallest absolute Gasteiger partial charge is 0.261 e. The van der Waals surface area contributed by atoms with Crippen LogP contribution >= 0.6 is 0 Å². The molecular weight excluding hydrogens is 422 g/mol. The molecule has 9 nitrogen and oxygen atoms in total.